The summed E-state index contributed by atoms with van der Waals surface area (Å²) in [5.41, 5.74) is 6.40. The third kappa shape index (κ3) is 4.23. The van der Waals surface area contributed by atoms with Crippen molar-refractivity contribution >= 4 is 11.6 Å². The first-order chi connectivity index (χ1) is 14.3. The summed E-state index contributed by atoms with van der Waals surface area (Å²) in [4.78, 5) is 26.3. The largest absolute Gasteiger partial charge is 0.347 e. The van der Waals surface area contributed by atoms with E-state index >= 15 is 0 Å². The Morgan fingerprint density at radius 3 is 2.17 bits per heavy atom. The number of amides is 1. The second kappa shape index (κ2) is 9.12. The number of hydrogen-bond donors (Lipinski definition) is 1. The number of benzene rings is 2. The van der Waals surface area contributed by atoms with Crippen molar-refractivity contribution in [3.8, 4) is 0 Å². The molecule has 1 heterocycles. The third-order valence-corrected chi connectivity index (χ3v) is 5.84. The highest BCUT2D eigenvalue weighted by Crippen LogP contribution is 2.21. The molecule has 0 aliphatic carbocycles. The smallest absolute Gasteiger partial charge is 0.261 e. The second-order valence-electron chi connectivity index (χ2n) is 7.82. The number of aromatic nitrogens is 1. The fourth-order valence-electron chi connectivity index (χ4n) is 4.12. The van der Waals surface area contributed by atoms with E-state index in [4.69, 9.17) is 0 Å². The Morgan fingerprint density at radius 2 is 1.57 bits per heavy atom. The van der Waals surface area contributed by atoms with Crippen molar-refractivity contribution in [3.63, 3.8) is 0 Å². The van der Waals surface area contributed by atoms with Gasteiger partial charge in [0.15, 0.2) is 5.43 Å². The molecule has 1 N–H and O–H groups in total. The molecule has 1 aromatic heterocycles. The average Bonchev–Trinajstić information content (AvgIpc) is 2.73. The van der Waals surface area contributed by atoms with Gasteiger partial charge in [-0.15, -0.1) is 0 Å². The molecule has 4 heteroatoms. The van der Waals surface area contributed by atoms with Gasteiger partial charge in [0, 0.05) is 29.2 Å². The monoisotopic (exact) mass is 402 g/mol. The summed E-state index contributed by atoms with van der Waals surface area (Å²) in [6, 6.07) is 16.1. The van der Waals surface area contributed by atoms with Gasteiger partial charge in [-0.05, 0) is 57.2 Å². The summed E-state index contributed by atoms with van der Waals surface area (Å²) in [6.07, 6.45) is 1.59. The van der Waals surface area contributed by atoms with Crippen LogP contribution in [-0.4, -0.2) is 10.5 Å². The lowest BCUT2D eigenvalue weighted by Gasteiger charge is -2.21. The number of hydrogen-bond acceptors (Lipinski definition) is 2. The van der Waals surface area contributed by atoms with Crippen LogP contribution in [0.4, 0.5) is 5.69 Å². The Labute approximate surface area is 178 Å². The molecule has 0 unspecified atom stereocenters. The predicted molar refractivity (Wildman–Crippen MR) is 124 cm³/mol. The van der Waals surface area contributed by atoms with Crippen LogP contribution in [0.1, 0.15) is 50.9 Å². The van der Waals surface area contributed by atoms with E-state index in [9.17, 15) is 9.59 Å². The fraction of sp³-hybridized carbons (Fsp3) is 0.308. The van der Waals surface area contributed by atoms with Crippen LogP contribution in [0.5, 0.6) is 0 Å². The van der Waals surface area contributed by atoms with Crippen molar-refractivity contribution in [2.45, 2.75) is 54.0 Å². The first kappa shape index (κ1) is 21.6. The molecule has 1 amide bonds. The molecular formula is C26H30N2O2. The Bertz CT molecular complexity index is 1110. The molecule has 2 aromatic carbocycles. The minimum absolute atomic E-state index is 0.177. The van der Waals surface area contributed by atoms with Crippen LogP contribution in [0.3, 0.4) is 0 Å². The van der Waals surface area contributed by atoms with Gasteiger partial charge in [0.2, 0.25) is 0 Å². The van der Waals surface area contributed by atoms with E-state index in [1.54, 1.807) is 0 Å². The summed E-state index contributed by atoms with van der Waals surface area (Å²) in [5, 5.41) is 2.99. The molecule has 0 saturated heterocycles. The highest BCUT2D eigenvalue weighted by atomic mass is 16.2. The normalized spacial score (nSPS) is 10.8. The SMILES string of the molecule is CCc1c(C)c(=O)c(C(=O)Nc2c(C)cccc2C)c(C)n1CCc1ccccc1. The molecule has 0 bridgehead atoms. The number of carbonyl (C=O) groups excluding carboxylic acids is 1. The number of rotatable bonds is 6. The quantitative estimate of drug-likeness (QED) is 0.621. The third-order valence-electron chi connectivity index (χ3n) is 5.84. The summed E-state index contributed by atoms with van der Waals surface area (Å²) in [6.45, 7) is 10.4. The first-order valence-corrected chi connectivity index (χ1v) is 10.5. The number of aryl methyl sites for hydroxylation is 3. The topological polar surface area (TPSA) is 51.1 Å². The van der Waals surface area contributed by atoms with Gasteiger partial charge in [-0.25, -0.2) is 0 Å². The minimum Gasteiger partial charge on any atom is -0.347 e. The zero-order chi connectivity index (χ0) is 21.8. The van der Waals surface area contributed by atoms with Gasteiger partial charge in [-0.2, -0.15) is 0 Å². The second-order valence-corrected chi connectivity index (χ2v) is 7.82. The van der Waals surface area contributed by atoms with E-state index < -0.39 is 0 Å². The van der Waals surface area contributed by atoms with Gasteiger partial charge in [-0.3, -0.25) is 9.59 Å². The molecule has 3 rings (SSSR count). The van der Waals surface area contributed by atoms with Gasteiger partial charge in [0.05, 0.1) is 0 Å². The van der Waals surface area contributed by atoms with E-state index in [1.165, 1.54) is 5.56 Å². The molecule has 0 aliphatic heterocycles. The number of nitrogens with zero attached hydrogens (tertiary/aromatic N) is 1. The zero-order valence-electron chi connectivity index (χ0n) is 18.5. The summed E-state index contributed by atoms with van der Waals surface area (Å²) >= 11 is 0. The van der Waals surface area contributed by atoms with Crippen molar-refractivity contribution in [3.05, 3.63) is 98.0 Å². The first-order valence-electron chi connectivity index (χ1n) is 10.5. The number of para-hydroxylation sites is 1. The molecule has 0 fully saturated rings. The van der Waals surface area contributed by atoms with E-state index in [0.29, 0.717) is 5.56 Å². The van der Waals surface area contributed by atoms with Gasteiger partial charge >= 0.3 is 0 Å². The van der Waals surface area contributed by atoms with E-state index in [0.717, 1.165) is 47.6 Å². The Morgan fingerprint density at radius 1 is 0.933 bits per heavy atom. The minimum atomic E-state index is -0.339. The van der Waals surface area contributed by atoms with Crippen molar-refractivity contribution < 1.29 is 4.79 Å². The molecule has 4 nitrogen and oxygen atoms in total. The van der Waals surface area contributed by atoms with Crippen molar-refractivity contribution in [2.75, 3.05) is 5.32 Å². The van der Waals surface area contributed by atoms with Gasteiger partial charge in [0.1, 0.15) is 5.56 Å². The standard InChI is InChI=1S/C26H30N2O2/c1-6-22-19(4)25(29)23(26(30)27-24-17(2)11-10-12-18(24)3)20(5)28(22)16-15-21-13-8-7-9-14-21/h7-14H,6,15-16H2,1-5H3,(H,27,30). The lowest BCUT2D eigenvalue weighted by atomic mass is 10.0. The van der Waals surface area contributed by atoms with Crippen LogP contribution < -0.4 is 10.7 Å². The maximum absolute atomic E-state index is 13.2. The van der Waals surface area contributed by atoms with Crippen LogP contribution in [0.2, 0.25) is 0 Å². The van der Waals surface area contributed by atoms with Crippen LogP contribution in [0.25, 0.3) is 0 Å². The van der Waals surface area contributed by atoms with Crippen LogP contribution in [-0.2, 0) is 19.4 Å². The zero-order valence-corrected chi connectivity index (χ0v) is 18.5. The van der Waals surface area contributed by atoms with Crippen molar-refractivity contribution in [1.82, 2.24) is 4.57 Å². The average molecular weight is 403 g/mol. The van der Waals surface area contributed by atoms with Crippen LogP contribution >= 0.6 is 0 Å². The fourth-order valence-corrected chi connectivity index (χ4v) is 4.12. The Kier molecular flexibility index (Phi) is 6.56. The summed E-state index contributed by atoms with van der Waals surface area (Å²) in [5.74, 6) is -0.339. The maximum atomic E-state index is 13.2. The van der Waals surface area contributed by atoms with Gasteiger partial charge in [0.25, 0.3) is 5.91 Å². The summed E-state index contributed by atoms with van der Waals surface area (Å²) < 4.78 is 2.14. The number of anilines is 1. The maximum Gasteiger partial charge on any atom is 0.261 e. The molecule has 0 aliphatic rings. The van der Waals surface area contributed by atoms with Crippen LogP contribution in [0, 0.1) is 27.7 Å². The molecule has 0 atom stereocenters. The van der Waals surface area contributed by atoms with E-state index in [2.05, 4.69) is 28.9 Å². The highest BCUT2D eigenvalue weighted by molar-refractivity contribution is 6.05. The molecule has 3 aromatic rings. The van der Waals surface area contributed by atoms with E-state index in [-0.39, 0.29) is 16.9 Å². The molecule has 0 radical (unpaired) electrons. The molecular weight excluding hydrogens is 372 g/mol. The molecule has 30 heavy (non-hydrogen) atoms. The lowest BCUT2D eigenvalue weighted by Crippen LogP contribution is -2.30. The van der Waals surface area contributed by atoms with Gasteiger partial charge < -0.3 is 9.88 Å². The van der Waals surface area contributed by atoms with Gasteiger partial charge in [-0.1, -0.05) is 55.5 Å². The molecule has 156 valence electrons. The van der Waals surface area contributed by atoms with Crippen molar-refractivity contribution in [1.29, 1.82) is 0 Å². The highest BCUT2D eigenvalue weighted by Gasteiger charge is 2.22. The number of carbonyl (C=O) groups is 1. The summed E-state index contributed by atoms with van der Waals surface area (Å²) in [7, 11) is 0. The Hall–Kier alpha value is -3.14. The Balaban J connectivity index is 2.03. The number of pyridine rings is 1. The van der Waals surface area contributed by atoms with Crippen molar-refractivity contribution in [2.24, 2.45) is 0 Å². The lowest BCUT2D eigenvalue weighted by molar-refractivity contribution is 0.102. The molecule has 0 saturated carbocycles. The molecule has 0 spiro atoms. The van der Waals surface area contributed by atoms with E-state index in [1.807, 2.05) is 64.1 Å². The van der Waals surface area contributed by atoms with Crippen LogP contribution in [0.15, 0.2) is 53.3 Å². The number of nitrogens with one attached hydrogen (secondary N) is 1. The predicted octanol–water partition coefficient (Wildman–Crippen LogP) is 5.14.